The Hall–Kier alpha value is -2.80. The minimum Gasteiger partial charge on any atom is -0.490 e. The van der Waals surface area contributed by atoms with E-state index in [4.69, 9.17) is 9.47 Å². The number of rotatable bonds is 9. The van der Waals surface area contributed by atoms with Crippen LogP contribution in [0.2, 0.25) is 0 Å². The second kappa shape index (κ2) is 10.7. The summed E-state index contributed by atoms with van der Waals surface area (Å²) in [7, 11) is 0. The lowest BCUT2D eigenvalue weighted by atomic mass is 10.0. The average molecular weight is 496 g/mol. The van der Waals surface area contributed by atoms with E-state index < -0.39 is 0 Å². The molecule has 0 aromatic heterocycles. The Balaban J connectivity index is 1.44. The normalized spacial score (nSPS) is 25.4. The quantitative estimate of drug-likeness (QED) is 0.561. The number of hydrogen-bond donors (Lipinski definition) is 1. The number of amides is 2. The maximum atomic E-state index is 13.2. The first-order chi connectivity index (χ1) is 17.0. The molecule has 0 aliphatic carbocycles. The molecule has 1 fully saturated rings. The highest BCUT2D eigenvalue weighted by Gasteiger charge is 2.44. The third-order valence-corrected chi connectivity index (χ3v) is 6.95. The minimum absolute atomic E-state index is 0.0254. The highest BCUT2D eigenvalue weighted by molar-refractivity contribution is 5.92. The molecule has 1 N–H and O–H groups in total. The van der Waals surface area contributed by atoms with Crippen molar-refractivity contribution in [1.82, 2.24) is 15.1 Å². The fraction of sp³-hybridized carbons (Fsp3) is 0.586. The van der Waals surface area contributed by atoms with E-state index in [1.165, 1.54) is 0 Å². The Morgan fingerprint density at radius 2 is 1.81 bits per heavy atom. The number of benzene rings is 1. The van der Waals surface area contributed by atoms with E-state index in [0.29, 0.717) is 19.1 Å². The van der Waals surface area contributed by atoms with Gasteiger partial charge < -0.3 is 24.6 Å². The molecule has 1 aromatic carbocycles. The monoisotopic (exact) mass is 495 g/mol. The molecule has 0 spiro atoms. The molecule has 0 bridgehead atoms. The smallest absolute Gasteiger partial charge is 0.250 e. The Labute approximate surface area is 215 Å². The van der Waals surface area contributed by atoms with E-state index in [9.17, 15) is 9.59 Å². The molecule has 0 radical (unpaired) electrons. The third kappa shape index (κ3) is 6.12. The van der Waals surface area contributed by atoms with Gasteiger partial charge in [0.15, 0.2) is 0 Å². The summed E-state index contributed by atoms with van der Waals surface area (Å²) in [5, 5.41) is 3.07. The Bertz CT molecular complexity index is 1010. The largest absolute Gasteiger partial charge is 0.490 e. The molecule has 3 aliphatic heterocycles. The van der Waals surface area contributed by atoms with Gasteiger partial charge in [-0.2, -0.15) is 0 Å². The van der Waals surface area contributed by atoms with Gasteiger partial charge >= 0.3 is 0 Å². The van der Waals surface area contributed by atoms with Crippen molar-refractivity contribution in [3.63, 3.8) is 0 Å². The SMILES string of the molecule is CC(C)C[C@H]1C(OC(C)(C)C)=CC(=O)N1[C@H]1CCN(C2=CC(=O)N[C@H]2[C@@H](C)OCc2ccccc2)C1. The zero-order chi connectivity index (χ0) is 26.0. The minimum atomic E-state index is -0.358. The molecule has 3 heterocycles. The Morgan fingerprint density at radius 1 is 1.08 bits per heavy atom. The van der Waals surface area contributed by atoms with Gasteiger partial charge in [-0.05, 0) is 52.0 Å². The zero-order valence-electron chi connectivity index (χ0n) is 22.5. The average Bonchev–Trinajstić information content (AvgIpc) is 3.49. The summed E-state index contributed by atoms with van der Waals surface area (Å²) >= 11 is 0. The van der Waals surface area contributed by atoms with Crippen molar-refractivity contribution in [1.29, 1.82) is 0 Å². The van der Waals surface area contributed by atoms with Crippen molar-refractivity contribution < 1.29 is 19.1 Å². The first-order valence-corrected chi connectivity index (χ1v) is 13.2. The predicted octanol–water partition coefficient (Wildman–Crippen LogP) is 4.00. The second-order valence-corrected chi connectivity index (χ2v) is 11.6. The van der Waals surface area contributed by atoms with Crippen LogP contribution in [0.1, 0.15) is 59.9 Å². The molecule has 196 valence electrons. The van der Waals surface area contributed by atoms with Gasteiger partial charge in [-0.3, -0.25) is 9.59 Å². The number of carbonyl (C=O) groups is 2. The lowest BCUT2D eigenvalue weighted by molar-refractivity contribution is -0.129. The van der Waals surface area contributed by atoms with Crippen molar-refractivity contribution in [3.8, 4) is 0 Å². The van der Waals surface area contributed by atoms with Crippen molar-refractivity contribution >= 4 is 11.8 Å². The van der Waals surface area contributed by atoms with Crippen LogP contribution in [0.3, 0.4) is 0 Å². The Morgan fingerprint density at radius 3 is 2.47 bits per heavy atom. The van der Waals surface area contributed by atoms with Gasteiger partial charge in [0.2, 0.25) is 5.91 Å². The van der Waals surface area contributed by atoms with Crippen molar-refractivity contribution in [2.45, 2.75) is 90.8 Å². The van der Waals surface area contributed by atoms with Crippen LogP contribution in [0.5, 0.6) is 0 Å². The lowest BCUT2D eigenvalue weighted by Crippen LogP contribution is -2.47. The number of hydrogen-bond acceptors (Lipinski definition) is 5. The number of likely N-dealkylation sites (tertiary alicyclic amines) is 1. The topological polar surface area (TPSA) is 71.1 Å². The molecule has 7 heteroatoms. The van der Waals surface area contributed by atoms with E-state index in [0.717, 1.165) is 36.4 Å². The van der Waals surface area contributed by atoms with Crippen molar-refractivity contribution in [2.24, 2.45) is 5.92 Å². The maximum Gasteiger partial charge on any atom is 0.250 e. The highest BCUT2D eigenvalue weighted by Crippen LogP contribution is 2.35. The zero-order valence-corrected chi connectivity index (χ0v) is 22.5. The van der Waals surface area contributed by atoms with Gasteiger partial charge in [-0.15, -0.1) is 0 Å². The van der Waals surface area contributed by atoms with Crippen LogP contribution in [-0.2, 0) is 25.7 Å². The molecule has 0 saturated carbocycles. The van der Waals surface area contributed by atoms with Gasteiger partial charge in [-0.25, -0.2) is 0 Å². The predicted molar refractivity (Wildman–Crippen MR) is 140 cm³/mol. The molecule has 2 amide bonds. The first-order valence-electron chi connectivity index (χ1n) is 13.2. The van der Waals surface area contributed by atoms with Crippen molar-refractivity contribution in [2.75, 3.05) is 13.1 Å². The van der Waals surface area contributed by atoms with Gasteiger partial charge in [-0.1, -0.05) is 44.2 Å². The summed E-state index contributed by atoms with van der Waals surface area (Å²) in [4.78, 5) is 29.8. The molecule has 0 unspecified atom stereocenters. The van der Waals surface area contributed by atoms with Gasteiger partial charge in [0.05, 0.1) is 30.8 Å². The Kier molecular flexibility index (Phi) is 7.79. The number of nitrogens with zero attached hydrogens (tertiary/aromatic N) is 2. The summed E-state index contributed by atoms with van der Waals surface area (Å²) in [6.07, 6.45) is 4.91. The standard InChI is InChI=1S/C29H41N3O4/c1-19(2)14-23-25(36-29(4,5)6)16-27(34)32(23)22-12-13-31(17-22)24-15-26(33)30-28(24)20(3)35-18-21-10-8-7-9-11-21/h7-11,15-16,19-20,22-23,28H,12-14,17-18H2,1-6H3,(H,30,33)/t20-,22+,23+,28+/m1/s1. The van der Waals surface area contributed by atoms with E-state index in [2.05, 4.69) is 24.1 Å². The fourth-order valence-electron chi connectivity index (χ4n) is 5.39. The van der Waals surface area contributed by atoms with Crippen LogP contribution < -0.4 is 5.32 Å². The first kappa shape index (κ1) is 26.3. The van der Waals surface area contributed by atoms with E-state index in [1.807, 2.05) is 62.9 Å². The molecule has 7 nitrogen and oxygen atoms in total. The number of nitrogens with one attached hydrogen (secondary N) is 1. The van der Waals surface area contributed by atoms with Crippen molar-refractivity contribution in [3.05, 3.63) is 59.5 Å². The van der Waals surface area contributed by atoms with E-state index in [-0.39, 0.29) is 41.6 Å². The van der Waals surface area contributed by atoms with Crippen LogP contribution in [-0.4, -0.2) is 64.5 Å². The van der Waals surface area contributed by atoms with Gasteiger partial charge in [0, 0.05) is 30.9 Å². The molecule has 4 rings (SSSR count). The van der Waals surface area contributed by atoms with E-state index >= 15 is 0 Å². The highest BCUT2D eigenvalue weighted by atomic mass is 16.5. The van der Waals surface area contributed by atoms with Crippen LogP contribution in [0, 0.1) is 5.92 Å². The molecule has 4 atom stereocenters. The van der Waals surface area contributed by atoms with Crippen LogP contribution in [0.4, 0.5) is 0 Å². The van der Waals surface area contributed by atoms with E-state index in [1.54, 1.807) is 12.2 Å². The molecular formula is C29H41N3O4. The summed E-state index contributed by atoms with van der Waals surface area (Å²) in [5.41, 5.74) is 1.70. The lowest BCUT2D eigenvalue weighted by Gasteiger charge is -2.35. The summed E-state index contributed by atoms with van der Waals surface area (Å²) < 4.78 is 12.4. The van der Waals surface area contributed by atoms with Crippen LogP contribution in [0.15, 0.2) is 53.9 Å². The molecule has 1 aromatic rings. The molecular weight excluding hydrogens is 454 g/mol. The molecule has 1 saturated heterocycles. The third-order valence-electron chi connectivity index (χ3n) is 6.95. The van der Waals surface area contributed by atoms with Crippen LogP contribution in [0.25, 0.3) is 0 Å². The summed E-state index contributed by atoms with van der Waals surface area (Å²) in [5.74, 6) is 1.14. The molecule has 3 aliphatic rings. The summed E-state index contributed by atoms with van der Waals surface area (Å²) in [6, 6.07) is 9.85. The molecule has 36 heavy (non-hydrogen) atoms. The van der Waals surface area contributed by atoms with Gasteiger partial charge in [0.25, 0.3) is 5.91 Å². The number of ether oxygens (including phenoxy) is 2. The number of carbonyl (C=O) groups excluding carboxylic acids is 2. The van der Waals surface area contributed by atoms with Gasteiger partial charge in [0.1, 0.15) is 11.4 Å². The fourth-order valence-corrected chi connectivity index (χ4v) is 5.39. The summed E-state index contributed by atoms with van der Waals surface area (Å²) in [6.45, 7) is 14.4. The van der Waals surface area contributed by atoms with Crippen LogP contribution >= 0.6 is 0 Å². The second-order valence-electron chi connectivity index (χ2n) is 11.6. The maximum absolute atomic E-state index is 13.2.